The van der Waals surface area contributed by atoms with E-state index in [2.05, 4.69) is 0 Å². The highest BCUT2D eigenvalue weighted by Crippen LogP contribution is 2.37. The summed E-state index contributed by atoms with van der Waals surface area (Å²) in [4.78, 5) is 27.3. The first-order valence-electron chi connectivity index (χ1n) is 8.90. The molecule has 2 aromatic rings. The number of nitrogens with zero attached hydrogens (tertiary/aromatic N) is 1. The van der Waals surface area contributed by atoms with Crippen molar-refractivity contribution in [2.24, 2.45) is 0 Å². The van der Waals surface area contributed by atoms with Gasteiger partial charge in [0.25, 0.3) is 5.91 Å². The van der Waals surface area contributed by atoms with Crippen LogP contribution in [0.25, 0.3) is 0 Å². The van der Waals surface area contributed by atoms with Gasteiger partial charge in [-0.25, -0.2) is 4.90 Å². The molecule has 2 heterocycles. The Morgan fingerprint density at radius 1 is 1.07 bits per heavy atom. The van der Waals surface area contributed by atoms with E-state index in [4.69, 9.17) is 11.6 Å². The molecule has 2 aliphatic rings. The standard InChI is InChI=1S/C20H16ClF3N2O2/c21-15-6-5-14(20(22,23)24)9-16(15)26-18(27)10-17(19(26)28)25-8-7-12-3-1-2-4-13(12)11-25/h1-6,9,17H,7-8,10-11H2/p+1/t17-/m1/s1. The van der Waals surface area contributed by atoms with E-state index in [1.165, 1.54) is 5.56 Å². The number of quaternary nitrogens is 1. The molecule has 4 nitrogen and oxygen atoms in total. The summed E-state index contributed by atoms with van der Waals surface area (Å²) in [5.74, 6) is -1.02. The van der Waals surface area contributed by atoms with Gasteiger partial charge in [-0.05, 0) is 23.8 Å². The Kier molecular flexibility index (Phi) is 4.67. The Hall–Kier alpha value is -2.38. The van der Waals surface area contributed by atoms with E-state index in [-0.39, 0.29) is 17.1 Å². The molecule has 1 unspecified atom stereocenters. The molecule has 1 saturated heterocycles. The highest BCUT2D eigenvalue weighted by atomic mass is 35.5. The lowest BCUT2D eigenvalue weighted by atomic mass is 9.98. The average Bonchev–Trinajstić information content (AvgIpc) is 2.95. The number of hydrogen-bond acceptors (Lipinski definition) is 2. The zero-order valence-electron chi connectivity index (χ0n) is 14.7. The number of halogens is 4. The van der Waals surface area contributed by atoms with Gasteiger partial charge < -0.3 is 4.90 Å². The normalized spacial score (nSPS) is 22.5. The molecule has 1 N–H and O–H groups in total. The molecule has 2 aromatic carbocycles. The lowest BCUT2D eigenvalue weighted by Gasteiger charge is -2.29. The summed E-state index contributed by atoms with van der Waals surface area (Å²) in [5.41, 5.74) is 1.20. The van der Waals surface area contributed by atoms with E-state index in [0.717, 1.165) is 40.0 Å². The van der Waals surface area contributed by atoms with Crippen molar-refractivity contribution in [3.8, 4) is 0 Å². The molecule has 2 atom stereocenters. The number of rotatable bonds is 2. The van der Waals surface area contributed by atoms with Crippen LogP contribution in [0.15, 0.2) is 42.5 Å². The lowest BCUT2D eigenvalue weighted by molar-refractivity contribution is -0.930. The van der Waals surface area contributed by atoms with Crippen LogP contribution in [0.2, 0.25) is 5.02 Å². The second-order valence-corrected chi connectivity index (χ2v) is 7.50. The van der Waals surface area contributed by atoms with E-state index in [9.17, 15) is 22.8 Å². The molecular formula is C20H17ClF3N2O2+. The van der Waals surface area contributed by atoms with Crippen molar-refractivity contribution in [2.75, 3.05) is 11.4 Å². The summed E-state index contributed by atoms with van der Waals surface area (Å²) < 4.78 is 39.2. The largest absolute Gasteiger partial charge is 0.416 e. The highest BCUT2D eigenvalue weighted by molar-refractivity contribution is 6.36. The fourth-order valence-corrected chi connectivity index (χ4v) is 4.17. The van der Waals surface area contributed by atoms with Crippen molar-refractivity contribution in [3.63, 3.8) is 0 Å². The van der Waals surface area contributed by atoms with Gasteiger partial charge in [0.05, 0.1) is 29.2 Å². The van der Waals surface area contributed by atoms with Crippen LogP contribution in [0.1, 0.15) is 23.1 Å². The molecule has 0 aromatic heterocycles. The number of carbonyl (C=O) groups excluding carboxylic acids is 2. The Morgan fingerprint density at radius 3 is 2.50 bits per heavy atom. The maximum atomic E-state index is 13.1. The van der Waals surface area contributed by atoms with Crippen LogP contribution >= 0.6 is 11.6 Å². The monoisotopic (exact) mass is 409 g/mol. The highest BCUT2D eigenvalue weighted by Gasteiger charge is 2.47. The first kappa shape index (κ1) is 19.0. The summed E-state index contributed by atoms with van der Waals surface area (Å²) in [7, 11) is 0. The predicted octanol–water partition coefficient (Wildman–Crippen LogP) is 2.63. The zero-order chi connectivity index (χ0) is 20.1. The van der Waals surface area contributed by atoms with E-state index in [1.807, 2.05) is 24.3 Å². The summed E-state index contributed by atoms with van der Waals surface area (Å²) in [6.07, 6.45) is -3.84. The van der Waals surface area contributed by atoms with Crippen LogP contribution in [0, 0.1) is 0 Å². The number of fused-ring (bicyclic) bond motifs is 1. The third kappa shape index (κ3) is 3.29. The topological polar surface area (TPSA) is 41.8 Å². The summed E-state index contributed by atoms with van der Waals surface area (Å²) in [6.45, 7) is 1.29. The van der Waals surface area contributed by atoms with Crippen LogP contribution < -0.4 is 9.80 Å². The van der Waals surface area contributed by atoms with Gasteiger partial charge in [0.2, 0.25) is 5.91 Å². The van der Waals surface area contributed by atoms with Gasteiger partial charge in [-0.1, -0.05) is 35.9 Å². The maximum absolute atomic E-state index is 13.1. The molecule has 0 spiro atoms. The van der Waals surface area contributed by atoms with Crippen molar-refractivity contribution < 1.29 is 27.7 Å². The summed E-state index contributed by atoms with van der Waals surface area (Å²) >= 11 is 6.04. The Balaban J connectivity index is 1.62. The molecular weight excluding hydrogens is 393 g/mol. The molecule has 2 aliphatic heterocycles. The van der Waals surface area contributed by atoms with Crippen LogP contribution in [0.3, 0.4) is 0 Å². The van der Waals surface area contributed by atoms with Gasteiger partial charge in [0.15, 0.2) is 6.04 Å². The fraction of sp³-hybridized carbons (Fsp3) is 0.300. The second-order valence-electron chi connectivity index (χ2n) is 7.09. The van der Waals surface area contributed by atoms with Gasteiger partial charge in [0.1, 0.15) is 6.54 Å². The van der Waals surface area contributed by atoms with E-state index >= 15 is 0 Å². The molecule has 4 rings (SSSR count). The van der Waals surface area contributed by atoms with Gasteiger partial charge in [0, 0.05) is 12.0 Å². The van der Waals surface area contributed by atoms with Gasteiger partial charge >= 0.3 is 6.18 Å². The quantitative estimate of drug-likeness (QED) is 0.775. The van der Waals surface area contributed by atoms with E-state index < -0.39 is 29.6 Å². The molecule has 0 saturated carbocycles. The molecule has 8 heteroatoms. The van der Waals surface area contributed by atoms with Crippen molar-refractivity contribution in [1.82, 2.24) is 0 Å². The van der Waals surface area contributed by atoms with Crippen molar-refractivity contribution >= 4 is 29.1 Å². The van der Waals surface area contributed by atoms with E-state index in [1.54, 1.807) is 0 Å². The molecule has 146 valence electrons. The van der Waals surface area contributed by atoms with Crippen LogP contribution in [-0.4, -0.2) is 24.4 Å². The Morgan fingerprint density at radius 2 is 1.79 bits per heavy atom. The number of alkyl halides is 3. The number of amides is 2. The van der Waals surface area contributed by atoms with Gasteiger partial charge in [-0.3, -0.25) is 9.59 Å². The number of nitrogens with one attached hydrogen (secondary N) is 1. The molecule has 0 radical (unpaired) electrons. The minimum atomic E-state index is -4.59. The SMILES string of the molecule is O=C1C[C@@H]([NH+]2CCc3ccccc3C2)C(=O)N1c1cc(C(F)(F)F)ccc1Cl. The molecule has 1 fully saturated rings. The third-order valence-corrected chi connectivity index (χ3v) is 5.72. The van der Waals surface area contributed by atoms with Crippen LogP contribution in [0.4, 0.5) is 18.9 Å². The third-order valence-electron chi connectivity index (χ3n) is 5.41. The predicted molar refractivity (Wildman–Crippen MR) is 97.0 cm³/mol. The zero-order valence-corrected chi connectivity index (χ0v) is 15.5. The number of hydrogen-bond donors (Lipinski definition) is 1. The fourth-order valence-electron chi connectivity index (χ4n) is 3.96. The second kappa shape index (κ2) is 6.90. The number of benzene rings is 2. The Bertz CT molecular complexity index is 961. The van der Waals surface area contributed by atoms with Crippen molar-refractivity contribution in [3.05, 3.63) is 64.2 Å². The lowest BCUT2D eigenvalue weighted by Crippen LogP contribution is -3.16. The maximum Gasteiger partial charge on any atom is 0.416 e. The molecule has 28 heavy (non-hydrogen) atoms. The van der Waals surface area contributed by atoms with Gasteiger partial charge in [-0.2, -0.15) is 13.2 Å². The van der Waals surface area contributed by atoms with Crippen molar-refractivity contribution in [2.45, 2.75) is 31.6 Å². The van der Waals surface area contributed by atoms with E-state index in [0.29, 0.717) is 13.1 Å². The average molecular weight is 410 g/mol. The first-order valence-corrected chi connectivity index (χ1v) is 9.28. The number of anilines is 1. The molecule has 0 aliphatic carbocycles. The molecule has 2 amide bonds. The molecule has 0 bridgehead atoms. The van der Waals surface area contributed by atoms with Crippen molar-refractivity contribution in [1.29, 1.82) is 0 Å². The summed E-state index contributed by atoms with van der Waals surface area (Å²) in [5, 5.41) is -0.0608. The number of imide groups is 1. The van der Waals surface area contributed by atoms with Crippen LogP contribution in [-0.2, 0) is 28.7 Å². The Labute approximate surface area is 164 Å². The van der Waals surface area contributed by atoms with Crippen LogP contribution in [0.5, 0.6) is 0 Å². The first-order chi connectivity index (χ1) is 13.3. The number of carbonyl (C=O) groups is 2. The minimum absolute atomic E-state index is 0.0388. The van der Waals surface area contributed by atoms with Gasteiger partial charge in [-0.15, -0.1) is 0 Å². The smallest absolute Gasteiger partial charge is 0.320 e. The minimum Gasteiger partial charge on any atom is -0.320 e. The summed E-state index contributed by atoms with van der Waals surface area (Å²) in [6, 6.07) is 9.98.